The molecule has 2 rings (SSSR count). The van der Waals surface area contributed by atoms with Crippen LogP contribution in [0.25, 0.3) is 0 Å². The van der Waals surface area contributed by atoms with Crippen molar-refractivity contribution >= 4 is 11.6 Å². The summed E-state index contributed by atoms with van der Waals surface area (Å²) in [5, 5.41) is 0. The fourth-order valence-corrected chi connectivity index (χ4v) is 1.91. The number of nitrogens with two attached hydrogens (primary N) is 1. The number of amides is 1. The highest BCUT2D eigenvalue weighted by Crippen LogP contribution is 2.29. The van der Waals surface area contributed by atoms with E-state index in [4.69, 9.17) is 5.73 Å². The van der Waals surface area contributed by atoms with E-state index in [0.717, 1.165) is 11.0 Å². The smallest absolute Gasteiger partial charge is 0.227 e. The summed E-state index contributed by atoms with van der Waals surface area (Å²) in [5.41, 5.74) is 5.06. The Kier molecular flexibility index (Phi) is 3.06. The summed E-state index contributed by atoms with van der Waals surface area (Å²) in [4.78, 5) is 12.6. The van der Waals surface area contributed by atoms with Gasteiger partial charge in [0, 0.05) is 25.1 Å². The van der Waals surface area contributed by atoms with Crippen molar-refractivity contribution in [1.82, 2.24) is 0 Å². The van der Waals surface area contributed by atoms with Gasteiger partial charge in [0.1, 0.15) is 5.82 Å². The fraction of sp³-hybridized carbons (Fsp3) is 0.364. The maximum absolute atomic E-state index is 13.5. The summed E-state index contributed by atoms with van der Waals surface area (Å²) < 4.78 is 39.5. The van der Waals surface area contributed by atoms with Crippen LogP contribution < -0.4 is 10.6 Å². The van der Waals surface area contributed by atoms with Gasteiger partial charge in [0.2, 0.25) is 5.91 Å². The quantitative estimate of drug-likeness (QED) is 0.800. The molecule has 1 aliphatic heterocycles. The van der Waals surface area contributed by atoms with Gasteiger partial charge < -0.3 is 10.6 Å². The zero-order valence-electron chi connectivity index (χ0n) is 8.92. The summed E-state index contributed by atoms with van der Waals surface area (Å²) in [6.07, 6.45) is 0.175. The first kappa shape index (κ1) is 11.9. The molecule has 0 saturated carbocycles. The van der Waals surface area contributed by atoms with Crippen molar-refractivity contribution in [3.05, 3.63) is 29.6 Å². The Labute approximate surface area is 96.0 Å². The zero-order chi connectivity index (χ0) is 12.6. The molecule has 17 heavy (non-hydrogen) atoms. The van der Waals surface area contributed by atoms with E-state index in [1.807, 2.05) is 0 Å². The molecule has 3 nitrogen and oxygen atoms in total. The molecule has 1 amide bonds. The molecule has 1 aromatic carbocycles. The second kappa shape index (κ2) is 4.37. The van der Waals surface area contributed by atoms with Gasteiger partial charge in [-0.2, -0.15) is 0 Å². The number of hydrogen-bond acceptors (Lipinski definition) is 2. The number of benzene rings is 1. The summed E-state index contributed by atoms with van der Waals surface area (Å²) in [7, 11) is 0. The average Bonchev–Trinajstić information content (AvgIpc) is 2.65. The molecule has 0 aromatic heterocycles. The van der Waals surface area contributed by atoms with Gasteiger partial charge in [-0.3, -0.25) is 4.79 Å². The van der Waals surface area contributed by atoms with Crippen LogP contribution in [0.4, 0.5) is 18.9 Å². The predicted octanol–water partition coefficient (Wildman–Crippen LogP) is 1.42. The molecule has 92 valence electrons. The molecule has 0 bridgehead atoms. The SMILES string of the molecule is NCC1CC(=O)N(c2cc(F)cc(F)c2F)C1. The molecule has 1 aromatic rings. The molecular weight excluding hydrogens is 233 g/mol. The Morgan fingerprint density at radius 1 is 1.35 bits per heavy atom. The standard InChI is InChI=1S/C11H11F3N2O/c12-7-2-8(13)11(14)9(3-7)16-5-6(4-15)1-10(16)17/h2-3,6H,1,4-5,15H2. The third-order valence-corrected chi connectivity index (χ3v) is 2.80. The van der Waals surface area contributed by atoms with Crippen LogP contribution in [0, 0.1) is 23.4 Å². The average molecular weight is 244 g/mol. The van der Waals surface area contributed by atoms with Crippen LogP contribution in [0.5, 0.6) is 0 Å². The van der Waals surface area contributed by atoms with E-state index in [0.29, 0.717) is 6.07 Å². The van der Waals surface area contributed by atoms with E-state index in [1.54, 1.807) is 0 Å². The maximum Gasteiger partial charge on any atom is 0.227 e. The van der Waals surface area contributed by atoms with Crippen LogP contribution in [-0.4, -0.2) is 19.0 Å². The number of halogens is 3. The first-order valence-corrected chi connectivity index (χ1v) is 5.18. The molecule has 1 aliphatic rings. The Morgan fingerprint density at radius 3 is 2.65 bits per heavy atom. The molecule has 0 radical (unpaired) electrons. The topological polar surface area (TPSA) is 46.3 Å². The Balaban J connectivity index is 2.38. The van der Waals surface area contributed by atoms with E-state index in [9.17, 15) is 18.0 Å². The largest absolute Gasteiger partial charge is 0.330 e. The summed E-state index contributed by atoms with van der Waals surface area (Å²) in [6, 6.07) is 1.26. The van der Waals surface area contributed by atoms with Crippen molar-refractivity contribution in [2.45, 2.75) is 6.42 Å². The van der Waals surface area contributed by atoms with Crippen molar-refractivity contribution in [2.75, 3.05) is 18.0 Å². The highest BCUT2D eigenvalue weighted by atomic mass is 19.2. The zero-order valence-corrected chi connectivity index (χ0v) is 8.92. The minimum atomic E-state index is -1.30. The second-order valence-corrected chi connectivity index (χ2v) is 4.03. The van der Waals surface area contributed by atoms with Gasteiger partial charge in [-0.25, -0.2) is 13.2 Å². The second-order valence-electron chi connectivity index (χ2n) is 4.03. The highest BCUT2D eigenvalue weighted by molar-refractivity contribution is 5.95. The molecule has 1 atom stereocenters. The lowest BCUT2D eigenvalue weighted by molar-refractivity contribution is -0.117. The molecule has 2 N–H and O–H groups in total. The lowest BCUT2D eigenvalue weighted by Gasteiger charge is -2.17. The van der Waals surface area contributed by atoms with E-state index < -0.39 is 17.5 Å². The predicted molar refractivity (Wildman–Crippen MR) is 55.8 cm³/mol. The van der Waals surface area contributed by atoms with E-state index >= 15 is 0 Å². The number of nitrogens with zero attached hydrogens (tertiary/aromatic N) is 1. The van der Waals surface area contributed by atoms with Gasteiger partial charge in [-0.1, -0.05) is 0 Å². The van der Waals surface area contributed by atoms with Crippen molar-refractivity contribution in [2.24, 2.45) is 11.7 Å². The molecule has 1 fully saturated rings. The van der Waals surface area contributed by atoms with Gasteiger partial charge in [0.15, 0.2) is 11.6 Å². The fourth-order valence-electron chi connectivity index (χ4n) is 1.91. The molecule has 0 aliphatic carbocycles. The van der Waals surface area contributed by atoms with Crippen LogP contribution >= 0.6 is 0 Å². The van der Waals surface area contributed by atoms with Gasteiger partial charge in [-0.15, -0.1) is 0 Å². The van der Waals surface area contributed by atoms with Gasteiger partial charge >= 0.3 is 0 Å². The Hall–Kier alpha value is -1.56. The van der Waals surface area contributed by atoms with E-state index in [1.165, 1.54) is 0 Å². The molecule has 6 heteroatoms. The highest BCUT2D eigenvalue weighted by Gasteiger charge is 2.32. The lowest BCUT2D eigenvalue weighted by Crippen LogP contribution is -2.27. The van der Waals surface area contributed by atoms with Crippen LogP contribution in [0.15, 0.2) is 12.1 Å². The number of carbonyl (C=O) groups is 1. The minimum Gasteiger partial charge on any atom is -0.330 e. The molecule has 1 unspecified atom stereocenters. The monoisotopic (exact) mass is 244 g/mol. The van der Waals surface area contributed by atoms with Crippen molar-refractivity contribution < 1.29 is 18.0 Å². The third-order valence-electron chi connectivity index (χ3n) is 2.80. The number of anilines is 1. The lowest BCUT2D eigenvalue weighted by atomic mass is 10.1. The van der Waals surface area contributed by atoms with E-state index in [-0.39, 0.29) is 37.0 Å². The molecule has 1 saturated heterocycles. The van der Waals surface area contributed by atoms with E-state index in [2.05, 4.69) is 0 Å². The Bertz CT molecular complexity index is 464. The van der Waals surface area contributed by atoms with Crippen LogP contribution in [0.3, 0.4) is 0 Å². The summed E-state index contributed by atoms with van der Waals surface area (Å²) >= 11 is 0. The van der Waals surface area contributed by atoms with Crippen LogP contribution in [0.1, 0.15) is 6.42 Å². The van der Waals surface area contributed by atoms with Crippen LogP contribution in [0.2, 0.25) is 0 Å². The number of carbonyl (C=O) groups excluding carboxylic acids is 1. The minimum absolute atomic E-state index is 0.103. The van der Waals surface area contributed by atoms with Crippen LogP contribution in [-0.2, 0) is 4.79 Å². The van der Waals surface area contributed by atoms with Crippen molar-refractivity contribution in [3.63, 3.8) is 0 Å². The maximum atomic E-state index is 13.5. The number of hydrogen-bond donors (Lipinski definition) is 1. The van der Waals surface area contributed by atoms with Gasteiger partial charge in [-0.05, 0) is 12.5 Å². The van der Waals surface area contributed by atoms with Crippen molar-refractivity contribution in [3.8, 4) is 0 Å². The first-order chi connectivity index (χ1) is 8.02. The Morgan fingerprint density at radius 2 is 2.06 bits per heavy atom. The number of rotatable bonds is 2. The summed E-state index contributed by atoms with van der Waals surface area (Å²) in [6.45, 7) is 0.469. The molecule has 1 heterocycles. The third kappa shape index (κ3) is 2.12. The van der Waals surface area contributed by atoms with Gasteiger partial charge in [0.25, 0.3) is 0 Å². The molecular formula is C11H11F3N2O. The summed E-state index contributed by atoms with van der Waals surface area (Å²) in [5.74, 6) is -3.90. The van der Waals surface area contributed by atoms with Crippen molar-refractivity contribution in [1.29, 1.82) is 0 Å². The first-order valence-electron chi connectivity index (χ1n) is 5.18. The molecule has 0 spiro atoms. The van der Waals surface area contributed by atoms with Gasteiger partial charge in [0.05, 0.1) is 5.69 Å². The normalized spacial score (nSPS) is 20.1.